The molecule has 1 aromatic rings. The molecule has 0 saturated carbocycles. The Morgan fingerprint density at radius 2 is 2.26 bits per heavy atom. The van der Waals surface area contributed by atoms with Gasteiger partial charge in [0.2, 0.25) is 5.91 Å². The molecule has 4 nitrogen and oxygen atoms in total. The molecule has 0 bridgehead atoms. The quantitative estimate of drug-likeness (QED) is 0.766. The molecule has 0 unspecified atom stereocenters. The standard InChI is InChI=1S/C15H22N2O2/c1-11(2)17-15(18)5-7-16-10-12-3-4-14-13(9-12)6-8-19-14/h3-4,9,11,16H,5-8,10H2,1-2H3,(H,17,18). The van der Waals surface area contributed by atoms with Gasteiger partial charge in [-0.25, -0.2) is 0 Å². The van der Waals surface area contributed by atoms with E-state index in [-0.39, 0.29) is 11.9 Å². The number of carbonyl (C=O) groups is 1. The predicted octanol–water partition coefficient (Wildman–Crippen LogP) is 1.63. The van der Waals surface area contributed by atoms with E-state index in [9.17, 15) is 4.79 Å². The van der Waals surface area contributed by atoms with Crippen LogP contribution in [-0.4, -0.2) is 25.1 Å². The molecule has 2 rings (SSSR count). The molecule has 19 heavy (non-hydrogen) atoms. The summed E-state index contributed by atoms with van der Waals surface area (Å²) in [7, 11) is 0. The Morgan fingerprint density at radius 3 is 3.05 bits per heavy atom. The minimum atomic E-state index is 0.102. The topological polar surface area (TPSA) is 50.4 Å². The summed E-state index contributed by atoms with van der Waals surface area (Å²) in [4.78, 5) is 11.5. The van der Waals surface area contributed by atoms with Crippen molar-refractivity contribution in [2.45, 2.75) is 39.3 Å². The number of benzene rings is 1. The third kappa shape index (κ3) is 4.24. The Morgan fingerprint density at radius 1 is 1.42 bits per heavy atom. The molecular formula is C15H22N2O2. The fourth-order valence-corrected chi connectivity index (χ4v) is 2.18. The Kier molecular flexibility index (Phi) is 4.80. The minimum Gasteiger partial charge on any atom is -0.493 e. The van der Waals surface area contributed by atoms with Gasteiger partial charge >= 0.3 is 0 Å². The van der Waals surface area contributed by atoms with E-state index >= 15 is 0 Å². The minimum absolute atomic E-state index is 0.102. The Bertz CT molecular complexity index is 444. The number of hydrogen-bond acceptors (Lipinski definition) is 3. The van der Waals surface area contributed by atoms with Crippen molar-refractivity contribution in [3.05, 3.63) is 29.3 Å². The number of ether oxygens (including phenoxy) is 1. The molecule has 2 N–H and O–H groups in total. The third-order valence-corrected chi connectivity index (χ3v) is 3.06. The van der Waals surface area contributed by atoms with Crippen LogP contribution in [0.25, 0.3) is 0 Å². The van der Waals surface area contributed by atoms with Crippen molar-refractivity contribution >= 4 is 5.91 Å². The lowest BCUT2D eigenvalue weighted by Gasteiger charge is -2.09. The Hall–Kier alpha value is -1.55. The van der Waals surface area contributed by atoms with Crippen LogP contribution < -0.4 is 15.4 Å². The number of carbonyl (C=O) groups excluding carboxylic acids is 1. The molecule has 1 amide bonds. The molecular weight excluding hydrogens is 240 g/mol. The van der Waals surface area contributed by atoms with E-state index in [1.807, 2.05) is 19.9 Å². The Balaban J connectivity index is 1.70. The lowest BCUT2D eigenvalue weighted by Crippen LogP contribution is -2.32. The highest BCUT2D eigenvalue weighted by molar-refractivity contribution is 5.76. The normalized spacial score (nSPS) is 13.2. The molecule has 0 aliphatic carbocycles. The molecule has 0 saturated heterocycles. The van der Waals surface area contributed by atoms with E-state index in [4.69, 9.17) is 4.74 Å². The van der Waals surface area contributed by atoms with Gasteiger partial charge in [-0.2, -0.15) is 0 Å². The summed E-state index contributed by atoms with van der Waals surface area (Å²) >= 11 is 0. The van der Waals surface area contributed by atoms with Gasteiger partial charge in [0.15, 0.2) is 0 Å². The lowest BCUT2D eigenvalue weighted by molar-refractivity contribution is -0.121. The van der Waals surface area contributed by atoms with E-state index in [0.29, 0.717) is 13.0 Å². The summed E-state index contributed by atoms with van der Waals surface area (Å²) < 4.78 is 5.47. The number of rotatable bonds is 6. The van der Waals surface area contributed by atoms with Gasteiger partial charge in [-0.05, 0) is 31.0 Å². The molecule has 4 heteroatoms. The maximum Gasteiger partial charge on any atom is 0.221 e. The van der Waals surface area contributed by atoms with E-state index in [0.717, 1.165) is 25.3 Å². The molecule has 1 aromatic carbocycles. The van der Waals surface area contributed by atoms with Crippen molar-refractivity contribution < 1.29 is 9.53 Å². The summed E-state index contributed by atoms with van der Waals surface area (Å²) in [6.45, 7) is 6.23. The second kappa shape index (κ2) is 6.57. The van der Waals surface area contributed by atoms with Gasteiger partial charge in [0.25, 0.3) is 0 Å². The highest BCUT2D eigenvalue weighted by Gasteiger charge is 2.11. The van der Waals surface area contributed by atoms with Crippen LogP contribution in [0.2, 0.25) is 0 Å². The first-order valence-corrected chi connectivity index (χ1v) is 6.90. The van der Waals surface area contributed by atoms with Crippen LogP contribution in [0.1, 0.15) is 31.4 Å². The van der Waals surface area contributed by atoms with E-state index < -0.39 is 0 Å². The molecule has 1 heterocycles. The molecule has 0 fully saturated rings. The molecule has 0 radical (unpaired) electrons. The van der Waals surface area contributed by atoms with E-state index in [2.05, 4.69) is 22.8 Å². The van der Waals surface area contributed by atoms with Crippen LogP contribution in [0.15, 0.2) is 18.2 Å². The number of hydrogen-bond donors (Lipinski definition) is 2. The Labute approximate surface area is 114 Å². The number of nitrogens with one attached hydrogen (secondary N) is 2. The zero-order valence-corrected chi connectivity index (χ0v) is 11.7. The zero-order chi connectivity index (χ0) is 13.7. The summed E-state index contributed by atoms with van der Waals surface area (Å²) in [6.07, 6.45) is 1.52. The third-order valence-electron chi connectivity index (χ3n) is 3.06. The maximum atomic E-state index is 11.5. The van der Waals surface area contributed by atoms with Gasteiger partial charge in [0.05, 0.1) is 6.61 Å². The highest BCUT2D eigenvalue weighted by atomic mass is 16.5. The van der Waals surface area contributed by atoms with Gasteiger partial charge < -0.3 is 15.4 Å². The second-order valence-electron chi connectivity index (χ2n) is 5.19. The maximum absolute atomic E-state index is 11.5. The first kappa shape index (κ1) is 13.9. The average molecular weight is 262 g/mol. The van der Waals surface area contributed by atoms with Crippen LogP contribution in [0.4, 0.5) is 0 Å². The van der Waals surface area contributed by atoms with Gasteiger partial charge in [-0.1, -0.05) is 12.1 Å². The summed E-state index contributed by atoms with van der Waals surface area (Å²) in [5.41, 5.74) is 2.53. The molecule has 0 atom stereocenters. The summed E-state index contributed by atoms with van der Waals surface area (Å²) in [6, 6.07) is 6.50. The van der Waals surface area contributed by atoms with Crippen LogP contribution in [0.5, 0.6) is 5.75 Å². The number of amides is 1. The van der Waals surface area contributed by atoms with Crippen LogP contribution >= 0.6 is 0 Å². The highest BCUT2D eigenvalue weighted by Crippen LogP contribution is 2.25. The van der Waals surface area contributed by atoms with Crippen molar-refractivity contribution in [2.75, 3.05) is 13.2 Å². The van der Waals surface area contributed by atoms with Crippen molar-refractivity contribution in [1.29, 1.82) is 0 Å². The van der Waals surface area contributed by atoms with Gasteiger partial charge in [0.1, 0.15) is 5.75 Å². The van der Waals surface area contributed by atoms with Crippen molar-refractivity contribution in [2.24, 2.45) is 0 Å². The first-order chi connectivity index (χ1) is 9.15. The predicted molar refractivity (Wildman–Crippen MR) is 75.2 cm³/mol. The summed E-state index contributed by atoms with van der Waals surface area (Å²) in [5, 5.41) is 6.18. The SMILES string of the molecule is CC(C)NC(=O)CCNCc1ccc2c(c1)CCO2. The van der Waals surface area contributed by atoms with Crippen molar-refractivity contribution in [3.63, 3.8) is 0 Å². The van der Waals surface area contributed by atoms with Gasteiger partial charge in [-0.15, -0.1) is 0 Å². The molecule has 104 valence electrons. The van der Waals surface area contributed by atoms with E-state index in [1.165, 1.54) is 11.1 Å². The smallest absolute Gasteiger partial charge is 0.221 e. The first-order valence-electron chi connectivity index (χ1n) is 6.90. The van der Waals surface area contributed by atoms with Crippen LogP contribution in [-0.2, 0) is 17.8 Å². The van der Waals surface area contributed by atoms with Crippen LogP contribution in [0.3, 0.4) is 0 Å². The fourth-order valence-electron chi connectivity index (χ4n) is 2.18. The van der Waals surface area contributed by atoms with E-state index in [1.54, 1.807) is 0 Å². The second-order valence-corrected chi connectivity index (χ2v) is 5.19. The van der Waals surface area contributed by atoms with Gasteiger partial charge in [0, 0.05) is 32.0 Å². The lowest BCUT2D eigenvalue weighted by atomic mass is 10.1. The average Bonchev–Trinajstić information content (AvgIpc) is 2.81. The van der Waals surface area contributed by atoms with Gasteiger partial charge in [-0.3, -0.25) is 4.79 Å². The summed E-state index contributed by atoms with van der Waals surface area (Å²) in [5.74, 6) is 1.12. The molecule has 1 aliphatic heterocycles. The molecule has 0 spiro atoms. The fraction of sp³-hybridized carbons (Fsp3) is 0.533. The van der Waals surface area contributed by atoms with Crippen LogP contribution in [0, 0.1) is 0 Å². The molecule has 0 aromatic heterocycles. The largest absolute Gasteiger partial charge is 0.493 e. The zero-order valence-electron chi connectivity index (χ0n) is 11.7. The van der Waals surface area contributed by atoms with Crippen molar-refractivity contribution in [1.82, 2.24) is 10.6 Å². The molecule has 1 aliphatic rings. The monoisotopic (exact) mass is 262 g/mol. The van der Waals surface area contributed by atoms with Crippen molar-refractivity contribution in [3.8, 4) is 5.75 Å². The number of fused-ring (bicyclic) bond motifs is 1.